The van der Waals surface area contributed by atoms with Gasteiger partial charge >= 0.3 is 0 Å². The Morgan fingerprint density at radius 3 is 2.46 bits per heavy atom. The van der Waals surface area contributed by atoms with Gasteiger partial charge in [0.05, 0.1) is 13.2 Å². The Morgan fingerprint density at radius 2 is 1.85 bits per heavy atom. The summed E-state index contributed by atoms with van der Waals surface area (Å²) in [5.41, 5.74) is 1.19. The molecule has 0 aromatic heterocycles. The zero-order valence-corrected chi connectivity index (χ0v) is 7.39. The van der Waals surface area contributed by atoms with Gasteiger partial charge in [-0.25, -0.2) is 0 Å². The van der Waals surface area contributed by atoms with Crippen LogP contribution in [-0.4, -0.2) is 29.7 Å². The third-order valence-corrected chi connectivity index (χ3v) is 1.64. The maximum absolute atomic E-state index is 8.48. The molecule has 1 rings (SSSR count). The summed E-state index contributed by atoms with van der Waals surface area (Å²) in [5.74, 6) is 0. The van der Waals surface area contributed by atoms with Gasteiger partial charge < -0.3 is 14.9 Å². The van der Waals surface area contributed by atoms with E-state index in [0.717, 1.165) is 6.42 Å². The molecule has 13 heavy (non-hydrogen) atoms. The molecule has 0 spiro atoms. The van der Waals surface area contributed by atoms with Crippen molar-refractivity contribution in [3.63, 3.8) is 0 Å². The van der Waals surface area contributed by atoms with Crippen LogP contribution in [0, 0.1) is 0 Å². The quantitative estimate of drug-likeness (QED) is 0.516. The van der Waals surface area contributed by atoms with E-state index in [4.69, 9.17) is 14.9 Å². The van der Waals surface area contributed by atoms with Gasteiger partial charge in [0.25, 0.3) is 0 Å². The first-order chi connectivity index (χ1) is 6.29. The molecule has 0 radical (unpaired) electrons. The Kier molecular flexibility index (Phi) is 4.46. The van der Waals surface area contributed by atoms with Crippen molar-refractivity contribution in [2.75, 3.05) is 13.2 Å². The molecule has 3 heteroatoms. The van der Waals surface area contributed by atoms with Crippen LogP contribution in [0.1, 0.15) is 5.56 Å². The summed E-state index contributed by atoms with van der Waals surface area (Å²) < 4.78 is 5.00. The zero-order chi connectivity index (χ0) is 9.52. The van der Waals surface area contributed by atoms with Crippen molar-refractivity contribution in [3.8, 4) is 0 Å². The summed E-state index contributed by atoms with van der Waals surface area (Å²) in [5, 5.41) is 17.0. The number of rotatable bonds is 5. The summed E-state index contributed by atoms with van der Waals surface area (Å²) in [6.07, 6.45) is -0.566. The van der Waals surface area contributed by atoms with Crippen LogP contribution < -0.4 is 0 Å². The molecular weight excluding hydrogens is 168 g/mol. The van der Waals surface area contributed by atoms with Gasteiger partial charge in [-0.3, -0.25) is 0 Å². The standard InChI is InChI=1S/C10H14O3/c11-10(12)8-13-7-6-9-4-2-1-3-5-9/h1-5,10-12H,6-8H2. The molecule has 0 aliphatic heterocycles. The molecule has 0 bridgehead atoms. The summed E-state index contributed by atoms with van der Waals surface area (Å²) in [7, 11) is 0. The molecule has 0 saturated heterocycles. The monoisotopic (exact) mass is 182 g/mol. The zero-order valence-electron chi connectivity index (χ0n) is 7.39. The van der Waals surface area contributed by atoms with Gasteiger partial charge in [-0.15, -0.1) is 0 Å². The topological polar surface area (TPSA) is 49.7 Å². The van der Waals surface area contributed by atoms with Gasteiger partial charge in [0, 0.05) is 0 Å². The number of aliphatic hydroxyl groups is 2. The van der Waals surface area contributed by atoms with Crippen LogP contribution in [0.5, 0.6) is 0 Å². The molecule has 2 N–H and O–H groups in total. The van der Waals surface area contributed by atoms with E-state index in [-0.39, 0.29) is 6.61 Å². The Morgan fingerprint density at radius 1 is 1.15 bits per heavy atom. The lowest BCUT2D eigenvalue weighted by Crippen LogP contribution is -2.14. The van der Waals surface area contributed by atoms with Gasteiger partial charge in [-0.1, -0.05) is 30.3 Å². The number of hydrogen-bond acceptors (Lipinski definition) is 3. The van der Waals surface area contributed by atoms with Crippen molar-refractivity contribution in [3.05, 3.63) is 35.9 Å². The molecule has 3 nitrogen and oxygen atoms in total. The van der Waals surface area contributed by atoms with E-state index < -0.39 is 6.29 Å². The van der Waals surface area contributed by atoms with Crippen LogP contribution in [-0.2, 0) is 11.2 Å². The minimum absolute atomic E-state index is 0.0210. The second kappa shape index (κ2) is 5.70. The third-order valence-electron chi connectivity index (χ3n) is 1.64. The summed E-state index contributed by atoms with van der Waals surface area (Å²) >= 11 is 0. The van der Waals surface area contributed by atoms with E-state index in [1.165, 1.54) is 5.56 Å². The highest BCUT2D eigenvalue weighted by Gasteiger charge is 1.96. The molecule has 0 amide bonds. The Balaban J connectivity index is 2.13. The first kappa shape index (κ1) is 10.2. The molecule has 1 aromatic rings. The van der Waals surface area contributed by atoms with Crippen LogP contribution in [0.15, 0.2) is 30.3 Å². The Hall–Kier alpha value is -0.900. The highest BCUT2D eigenvalue weighted by atomic mass is 16.5. The number of aliphatic hydroxyl groups excluding tert-OH is 1. The first-order valence-electron chi connectivity index (χ1n) is 4.27. The second-order valence-corrected chi connectivity index (χ2v) is 2.79. The van der Waals surface area contributed by atoms with Gasteiger partial charge in [0.1, 0.15) is 0 Å². The van der Waals surface area contributed by atoms with E-state index >= 15 is 0 Å². The number of benzene rings is 1. The van der Waals surface area contributed by atoms with Crippen molar-refractivity contribution in [2.45, 2.75) is 12.7 Å². The van der Waals surface area contributed by atoms with Crippen LogP contribution >= 0.6 is 0 Å². The summed E-state index contributed by atoms with van der Waals surface area (Å²) in [4.78, 5) is 0. The Labute approximate surface area is 77.6 Å². The lowest BCUT2D eigenvalue weighted by atomic mass is 10.2. The lowest BCUT2D eigenvalue weighted by molar-refractivity contribution is -0.0941. The van der Waals surface area contributed by atoms with Crippen LogP contribution in [0.25, 0.3) is 0 Å². The van der Waals surface area contributed by atoms with Crippen LogP contribution in [0.2, 0.25) is 0 Å². The maximum atomic E-state index is 8.48. The van der Waals surface area contributed by atoms with Crippen molar-refractivity contribution < 1.29 is 14.9 Å². The highest BCUT2D eigenvalue weighted by Crippen LogP contribution is 1.99. The summed E-state index contributed by atoms with van der Waals surface area (Å²) in [6, 6.07) is 9.92. The van der Waals surface area contributed by atoms with E-state index in [0.29, 0.717) is 6.61 Å². The molecule has 0 aliphatic rings. The molecule has 0 heterocycles. The van der Waals surface area contributed by atoms with Gasteiger partial charge in [-0.05, 0) is 12.0 Å². The Bertz CT molecular complexity index is 221. The normalized spacial score (nSPS) is 10.7. The van der Waals surface area contributed by atoms with E-state index in [1.54, 1.807) is 0 Å². The minimum Gasteiger partial charge on any atom is -0.376 e. The lowest BCUT2D eigenvalue weighted by Gasteiger charge is -2.05. The molecule has 0 fully saturated rings. The largest absolute Gasteiger partial charge is 0.376 e. The molecular formula is C10H14O3. The molecule has 0 unspecified atom stereocenters. The molecule has 1 aromatic carbocycles. The fraction of sp³-hybridized carbons (Fsp3) is 0.400. The first-order valence-corrected chi connectivity index (χ1v) is 4.27. The SMILES string of the molecule is OC(O)COCCc1ccccc1. The number of ether oxygens (including phenoxy) is 1. The second-order valence-electron chi connectivity index (χ2n) is 2.79. The van der Waals surface area contributed by atoms with E-state index in [1.807, 2.05) is 30.3 Å². The fourth-order valence-electron chi connectivity index (χ4n) is 1.02. The van der Waals surface area contributed by atoms with Crippen molar-refractivity contribution in [2.24, 2.45) is 0 Å². The van der Waals surface area contributed by atoms with Crippen molar-refractivity contribution >= 4 is 0 Å². The molecule has 0 atom stereocenters. The van der Waals surface area contributed by atoms with Gasteiger partial charge in [0.2, 0.25) is 0 Å². The fourth-order valence-corrected chi connectivity index (χ4v) is 1.02. The predicted octanol–water partition coefficient (Wildman–Crippen LogP) is 0.556. The molecule has 0 aliphatic carbocycles. The van der Waals surface area contributed by atoms with E-state index in [9.17, 15) is 0 Å². The average molecular weight is 182 g/mol. The smallest absolute Gasteiger partial charge is 0.175 e. The van der Waals surface area contributed by atoms with Gasteiger partial charge in [0.15, 0.2) is 6.29 Å². The van der Waals surface area contributed by atoms with E-state index in [2.05, 4.69) is 0 Å². The predicted molar refractivity (Wildman–Crippen MR) is 49.2 cm³/mol. The minimum atomic E-state index is -1.37. The highest BCUT2D eigenvalue weighted by molar-refractivity contribution is 5.14. The van der Waals surface area contributed by atoms with Gasteiger partial charge in [-0.2, -0.15) is 0 Å². The summed E-state index contributed by atoms with van der Waals surface area (Å²) in [6.45, 7) is 0.495. The van der Waals surface area contributed by atoms with Crippen molar-refractivity contribution in [1.29, 1.82) is 0 Å². The van der Waals surface area contributed by atoms with Crippen LogP contribution in [0.3, 0.4) is 0 Å². The maximum Gasteiger partial charge on any atom is 0.175 e. The molecule has 0 saturated carbocycles. The van der Waals surface area contributed by atoms with Crippen molar-refractivity contribution in [1.82, 2.24) is 0 Å². The molecule has 72 valence electrons. The average Bonchev–Trinajstić information content (AvgIpc) is 2.14. The number of hydrogen-bond donors (Lipinski definition) is 2. The third kappa shape index (κ3) is 4.62. The van der Waals surface area contributed by atoms with Crippen LogP contribution in [0.4, 0.5) is 0 Å².